The first-order valence-electron chi connectivity index (χ1n) is 7.12. The summed E-state index contributed by atoms with van der Waals surface area (Å²) >= 11 is 5.92. The lowest BCUT2D eigenvalue weighted by Gasteiger charge is -2.31. The summed E-state index contributed by atoms with van der Waals surface area (Å²) in [6.45, 7) is 0.842. The summed E-state index contributed by atoms with van der Waals surface area (Å²) in [7, 11) is 1.88. The van der Waals surface area contributed by atoms with Crippen LogP contribution in [0.1, 0.15) is 30.4 Å². The van der Waals surface area contributed by atoms with Gasteiger partial charge < -0.3 is 5.32 Å². The number of hydrogen-bond donors (Lipinski definition) is 1. The average molecular weight is 335 g/mol. The highest BCUT2D eigenvalue weighted by atomic mass is 35.5. The quantitative estimate of drug-likeness (QED) is 0.918. The molecule has 1 aliphatic rings. The van der Waals surface area contributed by atoms with Gasteiger partial charge in [-0.25, -0.2) is 0 Å². The molecule has 2 rings (SSSR count). The maximum absolute atomic E-state index is 12.7. The van der Waals surface area contributed by atoms with Crippen molar-refractivity contribution < 1.29 is 18.0 Å². The predicted octanol–water partition coefficient (Wildman–Crippen LogP) is 3.46. The van der Waals surface area contributed by atoms with Crippen molar-refractivity contribution in [3.05, 3.63) is 34.3 Å². The van der Waals surface area contributed by atoms with Gasteiger partial charge in [-0.1, -0.05) is 18.0 Å². The average Bonchev–Trinajstić information content (AvgIpc) is 2.45. The maximum atomic E-state index is 12.7. The number of nitrogens with zero attached hydrogens (tertiary/aromatic N) is 1. The molecule has 0 bridgehead atoms. The zero-order chi connectivity index (χ0) is 16.3. The number of hydrogen-bond acceptors (Lipinski definition) is 2. The maximum Gasteiger partial charge on any atom is 0.416 e. The summed E-state index contributed by atoms with van der Waals surface area (Å²) in [6.07, 6.45) is -1.63. The third-order valence-corrected chi connectivity index (χ3v) is 4.27. The molecule has 1 fully saturated rings. The molecule has 1 aliphatic heterocycles. The van der Waals surface area contributed by atoms with E-state index in [4.69, 9.17) is 11.6 Å². The number of halogens is 4. The Morgan fingerprint density at radius 1 is 1.41 bits per heavy atom. The minimum atomic E-state index is -4.42. The topological polar surface area (TPSA) is 32.3 Å². The van der Waals surface area contributed by atoms with Crippen LogP contribution in [0.4, 0.5) is 13.2 Å². The van der Waals surface area contributed by atoms with Gasteiger partial charge in [-0.2, -0.15) is 13.2 Å². The van der Waals surface area contributed by atoms with Gasteiger partial charge in [-0.05, 0) is 50.2 Å². The molecule has 1 heterocycles. The van der Waals surface area contributed by atoms with Gasteiger partial charge in [0.05, 0.1) is 11.6 Å². The minimum absolute atomic E-state index is 0.00801. The van der Waals surface area contributed by atoms with Crippen LogP contribution in [-0.2, 0) is 17.5 Å². The molecule has 0 aromatic heterocycles. The second-order valence-electron chi connectivity index (χ2n) is 5.51. The Balaban J connectivity index is 2.03. The van der Waals surface area contributed by atoms with E-state index in [1.54, 1.807) is 0 Å². The molecule has 1 aromatic rings. The predicted molar refractivity (Wildman–Crippen MR) is 78.6 cm³/mol. The molecule has 0 radical (unpaired) electrons. The number of nitrogens with one attached hydrogen (secondary N) is 1. The van der Waals surface area contributed by atoms with Crippen molar-refractivity contribution in [2.75, 3.05) is 13.6 Å². The molecule has 0 spiro atoms. The summed E-state index contributed by atoms with van der Waals surface area (Å²) in [5.41, 5.74) is -0.501. The molecule has 1 amide bonds. The molecule has 0 saturated carbocycles. The smallest absolute Gasteiger partial charge is 0.351 e. The first-order chi connectivity index (χ1) is 10.3. The fraction of sp³-hybridized carbons (Fsp3) is 0.533. The van der Waals surface area contributed by atoms with E-state index in [0.29, 0.717) is 0 Å². The van der Waals surface area contributed by atoms with Crippen molar-refractivity contribution in [2.24, 2.45) is 0 Å². The number of benzene rings is 1. The molecule has 0 aliphatic carbocycles. The van der Waals surface area contributed by atoms with E-state index in [0.717, 1.165) is 37.9 Å². The minimum Gasteiger partial charge on any atom is -0.351 e. The van der Waals surface area contributed by atoms with Crippen LogP contribution >= 0.6 is 11.6 Å². The fourth-order valence-electron chi connectivity index (χ4n) is 2.59. The number of carbonyl (C=O) groups is 1. The van der Waals surface area contributed by atoms with Gasteiger partial charge in [0.2, 0.25) is 5.91 Å². The van der Waals surface area contributed by atoms with E-state index in [-0.39, 0.29) is 29.1 Å². The highest BCUT2D eigenvalue weighted by molar-refractivity contribution is 6.31. The highest BCUT2D eigenvalue weighted by Gasteiger charge is 2.31. The second kappa shape index (κ2) is 6.87. The first-order valence-corrected chi connectivity index (χ1v) is 7.50. The number of alkyl halides is 3. The standard InChI is InChI=1S/C15H18ClF3N2O/c1-21-7-3-2-4-13(21)14(22)20-9-10-8-11(15(17,18)19)5-6-12(10)16/h5-6,8,13H,2-4,7,9H2,1H3,(H,20,22). The highest BCUT2D eigenvalue weighted by Crippen LogP contribution is 2.31. The lowest BCUT2D eigenvalue weighted by atomic mass is 10.0. The van der Waals surface area contributed by atoms with Gasteiger partial charge in [0.25, 0.3) is 0 Å². The second-order valence-corrected chi connectivity index (χ2v) is 5.92. The zero-order valence-corrected chi connectivity index (χ0v) is 13.0. The van der Waals surface area contributed by atoms with Gasteiger partial charge in [0.1, 0.15) is 0 Å². The van der Waals surface area contributed by atoms with Crippen LogP contribution in [0.2, 0.25) is 5.02 Å². The van der Waals surface area contributed by atoms with Gasteiger partial charge in [0, 0.05) is 11.6 Å². The van der Waals surface area contributed by atoms with E-state index in [1.165, 1.54) is 6.07 Å². The molecular weight excluding hydrogens is 317 g/mol. The van der Waals surface area contributed by atoms with Crippen LogP contribution in [0.25, 0.3) is 0 Å². The van der Waals surface area contributed by atoms with Gasteiger partial charge >= 0.3 is 6.18 Å². The number of rotatable bonds is 3. The molecular formula is C15H18ClF3N2O. The number of amides is 1. The Hall–Kier alpha value is -1.27. The van der Waals surface area contributed by atoms with Crippen molar-refractivity contribution in [1.29, 1.82) is 0 Å². The van der Waals surface area contributed by atoms with E-state index in [1.807, 2.05) is 11.9 Å². The van der Waals surface area contributed by atoms with Crippen molar-refractivity contribution in [3.8, 4) is 0 Å². The van der Waals surface area contributed by atoms with Crippen LogP contribution in [0.15, 0.2) is 18.2 Å². The van der Waals surface area contributed by atoms with Crippen molar-refractivity contribution in [1.82, 2.24) is 10.2 Å². The summed E-state index contributed by atoms with van der Waals surface area (Å²) in [5.74, 6) is -0.171. The third-order valence-electron chi connectivity index (χ3n) is 3.90. The summed E-state index contributed by atoms with van der Waals surface area (Å²) in [5, 5.41) is 2.90. The third kappa shape index (κ3) is 4.14. The van der Waals surface area contributed by atoms with Crippen LogP contribution < -0.4 is 5.32 Å². The number of likely N-dealkylation sites (N-methyl/N-ethyl adjacent to an activating group) is 1. The lowest BCUT2D eigenvalue weighted by molar-refractivity contribution is -0.137. The molecule has 1 unspecified atom stereocenters. The molecule has 1 atom stereocenters. The summed E-state index contributed by atoms with van der Waals surface area (Å²) in [6, 6.07) is 2.90. The van der Waals surface area contributed by atoms with E-state index in [2.05, 4.69) is 5.32 Å². The molecule has 22 heavy (non-hydrogen) atoms. The van der Waals surface area contributed by atoms with Crippen LogP contribution in [0.3, 0.4) is 0 Å². The number of piperidine rings is 1. The van der Waals surface area contributed by atoms with E-state index < -0.39 is 11.7 Å². The first kappa shape index (κ1) is 17.1. The van der Waals surface area contributed by atoms with Crippen LogP contribution in [0.5, 0.6) is 0 Å². The Bertz CT molecular complexity index is 548. The molecule has 1 N–H and O–H groups in total. The van der Waals surface area contributed by atoms with E-state index in [9.17, 15) is 18.0 Å². The monoisotopic (exact) mass is 334 g/mol. The number of carbonyl (C=O) groups excluding carboxylic acids is 1. The Kier molecular flexibility index (Phi) is 5.34. The summed E-state index contributed by atoms with van der Waals surface area (Å²) < 4.78 is 38.1. The number of likely N-dealkylation sites (tertiary alicyclic amines) is 1. The normalized spacial score (nSPS) is 20.0. The molecule has 1 aromatic carbocycles. The summed E-state index contributed by atoms with van der Waals surface area (Å²) in [4.78, 5) is 14.1. The largest absolute Gasteiger partial charge is 0.416 e. The van der Waals surface area contributed by atoms with Gasteiger partial charge in [-0.15, -0.1) is 0 Å². The SMILES string of the molecule is CN1CCCCC1C(=O)NCc1cc(C(F)(F)F)ccc1Cl. The molecule has 7 heteroatoms. The van der Waals surface area contributed by atoms with Gasteiger partial charge in [0.15, 0.2) is 0 Å². The Morgan fingerprint density at radius 3 is 2.77 bits per heavy atom. The van der Waals surface area contributed by atoms with Crippen LogP contribution in [0, 0.1) is 0 Å². The molecule has 1 saturated heterocycles. The lowest BCUT2D eigenvalue weighted by Crippen LogP contribution is -2.47. The zero-order valence-electron chi connectivity index (χ0n) is 12.2. The van der Waals surface area contributed by atoms with Gasteiger partial charge in [-0.3, -0.25) is 9.69 Å². The molecule has 122 valence electrons. The fourth-order valence-corrected chi connectivity index (χ4v) is 2.78. The Labute approximate surface area is 132 Å². The van der Waals surface area contributed by atoms with Crippen LogP contribution in [-0.4, -0.2) is 30.4 Å². The van der Waals surface area contributed by atoms with Crippen molar-refractivity contribution >= 4 is 17.5 Å². The Morgan fingerprint density at radius 2 is 2.14 bits per heavy atom. The van der Waals surface area contributed by atoms with Crippen molar-refractivity contribution in [2.45, 2.75) is 38.0 Å². The van der Waals surface area contributed by atoms with Crippen molar-refractivity contribution in [3.63, 3.8) is 0 Å². The molecule has 3 nitrogen and oxygen atoms in total. The van der Waals surface area contributed by atoms with E-state index >= 15 is 0 Å².